The average molecular weight is 217 g/mol. The molecule has 0 saturated heterocycles. The standard InChI is InChI=1S/C11H11N3O2/c15-11(13-10-6-7-16-14-10)8-12-9-4-2-1-3-5-9/h1-7,12H,8H2,(H,13,14,15). The Morgan fingerprint density at radius 3 is 2.75 bits per heavy atom. The Bertz CT molecular complexity index is 440. The summed E-state index contributed by atoms with van der Waals surface area (Å²) in [4.78, 5) is 11.4. The minimum Gasteiger partial charge on any atom is -0.376 e. The summed E-state index contributed by atoms with van der Waals surface area (Å²) in [6, 6.07) is 11.1. The van der Waals surface area contributed by atoms with Gasteiger partial charge in [0.2, 0.25) is 5.91 Å². The van der Waals surface area contributed by atoms with Crippen molar-refractivity contribution >= 4 is 17.4 Å². The molecule has 1 amide bonds. The summed E-state index contributed by atoms with van der Waals surface area (Å²) in [6.45, 7) is 0.191. The van der Waals surface area contributed by atoms with Crippen molar-refractivity contribution in [2.45, 2.75) is 0 Å². The number of rotatable bonds is 4. The number of aromatic nitrogens is 1. The second-order valence-corrected chi connectivity index (χ2v) is 3.15. The van der Waals surface area contributed by atoms with E-state index in [4.69, 9.17) is 0 Å². The SMILES string of the molecule is O=C(CNc1ccccc1)Nc1ccon1. The van der Waals surface area contributed by atoms with Gasteiger partial charge in [-0.1, -0.05) is 23.4 Å². The van der Waals surface area contributed by atoms with Crippen LogP contribution in [0.1, 0.15) is 0 Å². The van der Waals surface area contributed by atoms with E-state index >= 15 is 0 Å². The largest absolute Gasteiger partial charge is 0.376 e. The number of hydrogen-bond donors (Lipinski definition) is 2. The van der Waals surface area contributed by atoms with Crippen LogP contribution in [0, 0.1) is 0 Å². The van der Waals surface area contributed by atoms with Gasteiger partial charge in [0.25, 0.3) is 0 Å². The predicted molar refractivity (Wildman–Crippen MR) is 60.1 cm³/mol. The number of anilines is 2. The zero-order valence-corrected chi connectivity index (χ0v) is 8.51. The zero-order chi connectivity index (χ0) is 11.2. The first-order valence-corrected chi connectivity index (χ1v) is 4.84. The Hall–Kier alpha value is -2.30. The molecule has 5 nitrogen and oxygen atoms in total. The lowest BCUT2D eigenvalue weighted by Crippen LogP contribution is -2.21. The number of carbonyl (C=O) groups is 1. The highest BCUT2D eigenvalue weighted by Gasteiger charge is 2.03. The number of nitrogens with one attached hydrogen (secondary N) is 2. The van der Waals surface area contributed by atoms with E-state index in [-0.39, 0.29) is 12.5 Å². The molecule has 0 unspecified atom stereocenters. The Morgan fingerprint density at radius 2 is 2.06 bits per heavy atom. The second kappa shape index (κ2) is 4.97. The van der Waals surface area contributed by atoms with Gasteiger partial charge in [-0.2, -0.15) is 0 Å². The lowest BCUT2D eigenvalue weighted by molar-refractivity contribution is -0.114. The number of para-hydroxylation sites is 1. The van der Waals surface area contributed by atoms with Crippen molar-refractivity contribution in [3.8, 4) is 0 Å². The van der Waals surface area contributed by atoms with Crippen molar-refractivity contribution in [1.82, 2.24) is 5.16 Å². The van der Waals surface area contributed by atoms with Crippen molar-refractivity contribution in [3.05, 3.63) is 42.7 Å². The first kappa shape index (κ1) is 10.2. The van der Waals surface area contributed by atoms with Crippen LogP contribution >= 0.6 is 0 Å². The van der Waals surface area contributed by atoms with Gasteiger partial charge in [-0.05, 0) is 12.1 Å². The molecule has 0 bridgehead atoms. The van der Waals surface area contributed by atoms with Gasteiger partial charge in [0, 0.05) is 11.8 Å². The summed E-state index contributed by atoms with van der Waals surface area (Å²) in [5.74, 6) is 0.248. The van der Waals surface area contributed by atoms with Crippen LogP contribution in [0.15, 0.2) is 47.2 Å². The van der Waals surface area contributed by atoms with Gasteiger partial charge in [0.1, 0.15) is 6.26 Å². The van der Waals surface area contributed by atoms with Crippen LogP contribution in [-0.4, -0.2) is 17.6 Å². The first-order chi connectivity index (χ1) is 7.84. The number of amides is 1. The van der Waals surface area contributed by atoms with Gasteiger partial charge in [-0.15, -0.1) is 0 Å². The first-order valence-electron chi connectivity index (χ1n) is 4.84. The van der Waals surface area contributed by atoms with Gasteiger partial charge in [0.15, 0.2) is 5.82 Å². The topological polar surface area (TPSA) is 67.2 Å². The van der Waals surface area contributed by atoms with E-state index < -0.39 is 0 Å². The molecule has 0 aliphatic carbocycles. The van der Waals surface area contributed by atoms with Crippen LogP contribution < -0.4 is 10.6 Å². The number of benzene rings is 1. The lowest BCUT2D eigenvalue weighted by atomic mass is 10.3. The summed E-state index contributed by atoms with van der Waals surface area (Å²) >= 11 is 0. The summed E-state index contributed by atoms with van der Waals surface area (Å²) in [7, 11) is 0. The molecule has 0 fully saturated rings. The molecular formula is C11H11N3O2. The van der Waals surface area contributed by atoms with E-state index in [2.05, 4.69) is 20.3 Å². The lowest BCUT2D eigenvalue weighted by Gasteiger charge is -2.05. The molecule has 0 saturated carbocycles. The van der Waals surface area contributed by atoms with Gasteiger partial charge in [-0.3, -0.25) is 4.79 Å². The minimum absolute atomic E-state index is 0.169. The molecule has 0 atom stereocenters. The molecular weight excluding hydrogens is 206 g/mol. The molecule has 2 rings (SSSR count). The molecule has 82 valence electrons. The highest BCUT2D eigenvalue weighted by Crippen LogP contribution is 2.05. The molecule has 16 heavy (non-hydrogen) atoms. The van der Waals surface area contributed by atoms with Crippen molar-refractivity contribution in [2.75, 3.05) is 17.2 Å². The van der Waals surface area contributed by atoms with E-state index in [9.17, 15) is 4.79 Å². The quantitative estimate of drug-likeness (QED) is 0.818. The van der Waals surface area contributed by atoms with Crippen LogP contribution in [0.5, 0.6) is 0 Å². The summed E-state index contributed by atoms with van der Waals surface area (Å²) < 4.78 is 4.59. The predicted octanol–water partition coefficient (Wildman–Crippen LogP) is 1.73. The third kappa shape index (κ3) is 2.84. The third-order valence-electron chi connectivity index (χ3n) is 1.93. The Labute approximate surface area is 92.4 Å². The fraction of sp³-hybridized carbons (Fsp3) is 0.0909. The van der Waals surface area contributed by atoms with Crippen LogP contribution in [0.3, 0.4) is 0 Å². The van der Waals surface area contributed by atoms with Crippen LogP contribution in [-0.2, 0) is 4.79 Å². The minimum atomic E-state index is -0.169. The van der Waals surface area contributed by atoms with E-state index in [1.807, 2.05) is 30.3 Å². The average Bonchev–Trinajstić information content (AvgIpc) is 2.81. The maximum absolute atomic E-state index is 11.4. The molecule has 2 aromatic rings. The van der Waals surface area contributed by atoms with Crippen molar-refractivity contribution < 1.29 is 9.32 Å². The second-order valence-electron chi connectivity index (χ2n) is 3.15. The molecule has 2 N–H and O–H groups in total. The Kier molecular flexibility index (Phi) is 3.18. The monoisotopic (exact) mass is 217 g/mol. The highest BCUT2D eigenvalue weighted by molar-refractivity contribution is 5.92. The zero-order valence-electron chi connectivity index (χ0n) is 8.51. The normalized spacial score (nSPS) is 9.75. The number of nitrogens with zero attached hydrogens (tertiary/aromatic N) is 1. The molecule has 0 aliphatic heterocycles. The Morgan fingerprint density at radius 1 is 1.25 bits per heavy atom. The molecule has 1 heterocycles. The van der Waals surface area contributed by atoms with Crippen LogP contribution in [0.2, 0.25) is 0 Å². The third-order valence-corrected chi connectivity index (χ3v) is 1.93. The van der Waals surface area contributed by atoms with E-state index in [1.54, 1.807) is 6.07 Å². The van der Waals surface area contributed by atoms with Crippen molar-refractivity contribution in [3.63, 3.8) is 0 Å². The van der Waals surface area contributed by atoms with Crippen LogP contribution in [0.25, 0.3) is 0 Å². The number of hydrogen-bond acceptors (Lipinski definition) is 4. The maximum atomic E-state index is 11.4. The van der Waals surface area contributed by atoms with Gasteiger partial charge >= 0.3 is 0 Å². The van der Waals surface area contributed by atoms with Crippen molar-refractivity contribution in [1.29, 1.82) is 0 Å². The highest BCUT2D eigenvalue weighted by atomic mass is 16.5. The maximum Gasteiger partial charge on any atom is 0.244 e. The summed E-state index contributed by atoms with van der Waals surface area (Å²) in [6.07, 6.45) is 1.40. The van der Waals surface area contributed by atoms with E-state index in [0.717, 1.165) is 5.69 Å². The molecule has 1 aromatic heterocycles. The Balaban J connectivity index is 1.80. The molecule has 1 aromatic carbocycles. The van der Waals surface area contributed by atoms with Gasteiger partial charge < -0.3 is 15.2 Å². The molecule has 0 radical (unpaired) electrons. The van der Waals surface area contributed by atoms with E-state index in [0.29, 0.717) is 5.82 Å². The molecule has 0 spiro atoms. The summed E-state index contributed by atoms with van der Waals surface area (Å²) in [5.41, 5.74) is 0.901. The van der Waals surface area contributed by atoms with E-state index in [1.165, 1.54) is 6.26 Å². The number of carbonyl (C=O) groups excluding carboxylic acids is 1. The summed E-state index contributed by atoms with van der Waals surface area (Å²) in [5, 5.41) is 9.15. The smallest absolute Gasteiger partial charge is 0.244 e. The fourth-order valence-electron chi connectivity index (χ4n) is 1.20. The molecule has 0 aliphatic rings. The van der Waals surface area contributed by atoms with Gasteiger partial charge in [0.05, 0.1) is 6.54 Å². The fourth-order valence-corrected chi connectivity index (χ4v) is 1.20. The van der Waals surface area contributed by atoms with Gasteiger partial charge in [-0.25, -0.2) is 0 Å². The van der Waals surface area contributed by atoms with Crippen LogP contribution in [0.4, 0.5) is 11.5 Å². The van der Waals surface area contributed by atoms with Crippen molar-refractivity contribution in [2.24, 2.45) is 0 Å². The molecule has 5 heteroatoms.